The van der Waals surface area contributed by atoms with Crippen molar-refractivity contribution in [3.8, 4) is 0 Å². The normalized spacial score (nSPS) is 15.7. The van der Waals surface area contributed by atoms with Gasteiger partial charge >= 0.3 is 0 Å². The highest BCUT2D eigenvalue weighted by molar-refractivity contribution is 5.09. The summed E-state index contributed by atoms with van der Waals surface area (Å²) < 4.78 is 5.96. The molecule has 4 nitrogen and oxygen atoms in total. The number of aromatic nitrogens is 2. The number of hydrogen-bond acceptors (Lipinski definition) is 4. The van der Waals surface area contributed by atoms with E-state index in [0.29, 0.717) is 12.6 Å². The molecule has 0 bridgehead atoms. The van der Waals surface area contributed by atoms with Crippen molar-refractivity contribution < 1.29 is 4.74 Å². The average molecular weight is 263 g/mol. The molecule has 0 unspecified atom stereocenters. The lowest BCUT2D eigenvalue weighted by molar-refractivity contribution is -0.0573. The van der Waals surface area contributed by atoms with Crippen LogP contribution in [0.15, 0.2) is 12.3 Å². The van der Waals surface area contributed by atoms with Gasteiger partial charge in [0.05, 0.1) is 5.69 Å². The molecule has 0 amide bonds. The molecule has 1 heterocycles. The van der Waals surface area contributed by atoms with Gasteiger partial charge in [0, 0.05) is 25.4 Å². The summed E-state index contributed by atoms with van der Waals surface area (Å²) in [4.78, 5) is 9.16. The third kappa shape index (κ3) is 3.51. The van der Waals surface area contributed by atoms with Crippen molar-refractivity contribution >= 4 is 0 Å². The van der Waals surface area contributed by atoms with Gasteiger partial charge in [0.25, 0.3) is 0 Å². The third-order valence-corrected chi connectivity index (χ3v) is 3.83. The number of hydrogen-bond donors (Lipinski definition) is 1. The summed E-state index contributed by atoms with van der Waals surface area (Å²) in [5.74, 6) is 0.828. The zero-order valence-electron chi connectivity index (χ0n) is 12.3. The van der Waals surface area contributed by atoms with E-state index in [1.54, 1.807) is 0 Å². The molecule has 4 heteroatoms. The number of nitrogens with zero attached hydrogens (tertiary/aromatic N) is 2. The first-order valence-electron chi connectivity index (χ1n) is 7.43. The molecule has 0 atom stereocenters. The lowest BCUT2D eigenvalue weighted by atomic mass is 9.96. The van der Waals surface area contributed by atoms with E-state index in [9.17, 15) is 0 Å². The van der Waals surface area contributed by atoms with Crippen LogP contribution in [0.25, 0.3) is 0 Å². The van der Waals surface area contributed by atoms with Crippen molar-refractivity contribution in [2.75, 3.05) is 6.61 Å². The van der Waals surface area contributed by atoms with Crippen LogP contribution in [0.4, 0.5) is 0 Å². The third-order valence-electron chi connectivity index (χ3n) is 3.83. The maximum Gasteiger partial charge on any atom is 0.160 e. The molecule has 1 saturated carbocycles. The minimum Gasteiger partial charge on any atom is -0.367 e. The van der Waals surface area contributed by atoms with Crippen molar-refractivity contribution in [1.82, 2.24) is 15.3 Å². The summed E-state index contributed by atoms with van der Waals surface area (Å²) in [6.07, 6.45) is 6.24. The fraction of sp³-hybridized carbons (Fsp3) is 0.733. The van der Waals surface area contributed by atoms with Crippen LogP contribution in [0.3, 0.4) is 0 Å². The zero-order valence-corrected chi connectivity index (χ0v) is 12.3. The Morgan fingerprint density at radius 3 is 2.63 bits per heavy atom. The van der Waals surface area contributed by atoms with E-state index in [-0.39, 0.29) is 5.60 Å². The smallest absolute Gasteiger partial charge is 0.160 e. The Morgan fingerprint density at radius 1 is 1.32 bits per heavy atom. The SMILES string of the molecule is CCOC(CC)(CC)c1nccc(CNC2CC2)n1. The van der Waals surface area contributed by atoms with Gasteiger partial charge in [-0.15, -0.1) is 0 Å². The van der Waals surface area contributed by atoms with Gasteiger partial charge in [0.1, 0.15) is 5.60 Å². The van der Waals surface area contributed by atoms with Crippen LogP contribution in [0, 0.1) is 0 Å². The lowest BCUT2D eigenvalue weighted by Gasteiger charge is -2.30. The Hall–Kier alpha value is -1.00. The fourth-order valence-electron chi connectivity index (χ4n) is 2.36. The van der Waals surface area contributed by atoms with Crippen LogP contribution in [-0.4, -0.2) is 22.6 Å². The van der Waals surface area contributed by atoms with Gasteiger partial charge in [-0.3, -0.25) is 0 Å². The Labute approximate surface area is 116 Å². The number of ether oxygens (including phenoxy) is 1. The van der Waals surface area contributed by atoms with Gasteiger partial charge < -0.3 is 10.1 Å². The highest BCUT2D eigenvalue weighted by atomic mass is 16.5. The molecule has 0 radical (unpaired) electrons. The van der Waals surface area contributed by atoms with Crippen molar-refractivity contribution in [3.05, 3.63) is 23.8 Å². The van der Waals surface area contributed by atoms with Crippen LogP contribution in [0.1, 0.15) is 58.0 Å². The summed E-state index contributed by atoms with van der Waals surface area (Å²) in [6, 6.07) is 2.69. The molecule has 0 aromatic carbocycles. The quantitative estimate of drug-likeness (QED) is 0.783. The van der Waals surface area contributed by atoms with Crippen molar-refractivity contribution in [1.29, 1.82) is 0 Å². The molecular weight excluding hydrogens is 238 g/mol. The van der Waals surface area contributed by atoms with Crippen LogP contribution >= 0.6 is 0 Å². The standard InChI is InChI=1S/C15H25N3O/c1-4-15(5-2,19-6-3)14-16-10-9-13(18-14)11-17-12-7-8-12/h9-10,12,17H,4-8,11H2,1-3H3. The molecule has 19 heavy (non-hydrogen) atoms. The topological polar surface area (TPSA) is 47.0 Å². The molecule has 1 aliphatic carbocycles. The second kappa shape index (κ2) is 6.44. The largest absolute Gasteiger partial charge is 0.367 e. The second-order valence-electron chi connectivity index (χ2n) is 5.16. The van der Waals surface area contributed by atoms with E-state index in [1.165, 1.54) is 12.8 Å². The van der Waals surface area contributed by atoms with Gasteiger partial charge in [-0.1, -0.05) is 13.8 Å². The first-order chi connectivity index (χ1) is 9.24. The van der Waals surface area contributed by atoms with E-state index in [2.05, 4.69) is 24.1 Å². The van der Waals surface area contributed by atoms with Gasteiger partial charge in [-0.25, -0.2) is 9.97 Å². The molecule has 0 spiro atoms. The minimum absolute atomic E-state index is 0.329. The lowest BCUT2D eigenvalue weighted by Crippen LogP contribution is -2.31. The van der Waals surface area contributed by atoms with E-state index in [4.69, 9.17) is 9.72 Å². The molecule has 1 aromatic rings. The summed E-state index contributed by atoms with van der Waals surface area (Å²) >= 11 is 0. The average Bonchev–Trinajstić information content (AvgIpc) is 3.27. The summed E-state index contributed by atoms with van der Waals surface area (Å²) in [7, 11) is 0. The van der Waals surface area contributed by atoms with Gasteiger partial charge in [0.15, 0.2) is 5.82 Å². The Morgan fingerprint density at radius 2 is 2.05 bits per heavy atom. The van der Waals surface area contributed by atoms with Crippen molar-refractivity contribution in [2.45, 2.75) is 64.6 Å². The predicted octanol–water partition coefficient (Wildman–Crippen LogP) is 2.78. The highest BCUT2D eigenvalue weighted by Crippen LogP contribution is 2.30. The monoisotopic (exact) mass is 263 g/mol. The molecule has 1 aromatic heterocycles. The van der Waals surface area contributed by atoms with Crippen molar-refractivity contribution in [3.63, 3.8) is 0 Å². The molecule has 0 saturated heterocycles. The van der Waals surface area contributed by atoms with Crippen LogP contribution < -0.4 is 5.32 Å². The van der Waals surface area contributed by atoms with Gasteiger partial charge in [-0.2, -0.15) is 0 Å². The molecule has 0 aliphatic heterocycles. The first kappa shape index (κ1) is 14.4. The highest BCUT2D eigenvalue weighted by Gasteiger charge is 2.32. The minimum atomic E-state index is -0.329. The molecule has 2 rings (SSSR count). The Bertz CT molecular complexity index is 400. The maximum absolute atomic E-state index is 5.96. The van der Waals surface area contributed by atoms with E-state index in [1.807, 2.05) is 19.2 Å². The summed E-state index contributed by atoms with van der Waals surface area (Å²) in [5, 5.41) is 3.49. The number of nitrogens with one attached hydrogen (secondary N) is 1. The summed E-state index contributed by atoms with van der Waals surface area (Å²) in [6.45, 7) is 7.82. The Balaban J connectivity index is 2.13. The fourth-order valence-corrected chi connectivity index (χ4v) is 2.36. The van der Waals surface area contributed by atoms with Crippen LogP contribution in [0.5, 0.6) is 0 Å². The van der Waals surface area contributed by atoms with E-state index >= 15 is 0 Å². The first-order valence-corrected chi connectivity index (χ1v) is 7.43. The van der Waals surface area contributed by atoms with E-state index in [0.717, 1.165) is 30.9 Å². The molecule has 1 N–H and O–H groups in total. The van der Waals surface area contributed by atoms with Crippen LogP contribution in [-0.2, 0) is 16.9 Å². The van der Waals surface area contributed by atoms with Gasteiger partial charge in [-0.05, 0) is 38.7 Å². The molecular formula is C15H25N3O. The molecule has 106 valence electrons. The summed E-state index contributed by atoms with van der Waals surface area (Å²) in [5.41, 5.74) is 0.729. The van der Waals surface area contributed by atoms with E-state index < -0.39 is 0 Å². The second-order valence-corrected chi connectivity index (χ2v) is 5.16. The van der Waals surface area contributed by atoms with Gasteiger partial charge in [0.2, 0.25) is 0 Å². The zero-order chi connectivity index (χ0) is 13.7. The van der Waals surface area contributed by atoms with Crippen molar-refractivity contribution in [2.24, 2.45) is 0 Å². The van der Waals surface area contributed by atoms with Crippen LogP contribution in [0.2, 0.25) is 0 Å². The molecule has 1 fully saturated rings. The Kier molecular flexibility index (Phi) is 4.88. The predicted molar refractivity (Wildman–Crippen MR) is 75.8 cm³/mol. The molecule has 1 aliphatic rings. The maximum atomic E-state index is 5.96. The number of rotatable bonds is 8.